The highest BCUT2D eigenvalue weighted by molar-refractivity contribution is 5.84. The number of rotatable bonds is 4. The average Bonchev–Trinajstić information content (AvgIpc) is 2.46. The minimum absolute atomic E-state index is 0.634. The molecule has 2 aromatic carbocycles. The number of methoxy groups -OCH3 is 1. The highest BCUT2D eigenvalue weighted by Gasteiger charge is 2.25. The van der Waals surface area contributed by atoms with Crippen molar-refractivity contribution in [3.63, 3.8) is 0 Å². The second-order valence-corrected chi connectivity index (χ2v) is 4.91. The van der Waals surface area contributed by atoms with Gasteiger partial charge in [0.15, 0.2) is 5.60 Å². The number of hydrogen-bond acceptors (Lipinski definition) is 2. The van der Waals surface area contributed by atoms with Crippen molar-refractivity contribution < 1.29 is 9.84 Å². The van der Waals surface area contributed by atoms with Crippen LogP contribution in [0.4, 0.5) is 0 Å². The lowest BCUT2D eigenvalue weighted by Crippen LogP contribution is -2.23. The largest absolute Gasteiger partial charge is 0.497 e. The van der Waals surface area contributed by atoms with Gasteiger partial charge in [-0.15, -0.1) is 5.92 Å². The lowest BCUT2D eigenvalue weighted by molar-refractivity contribution is 0.0895. The lowest BCUT2D eigenvalue weighted by atomic mass is 9.88. The second kappa shape index (κ2) is 5.98. The summed E-state index contributed by atoms with van der Waals surface area (Å²) in [6.45, 7) is 3.81. The Morgan fingerprint density at radius 1 is 1.15 bits per heavy atom. The van der Waals surface area contributed by atoms with Gasteiger partial charge in [-0.1, -0.05) is 37.5 Å². The predicted octanol–water partition coefficient (Wildman–Crippen LogP) is 3.86. The van der Waals surface area contributed by atoms with Crippen LogP contribution in [0.5, 0.6) is 5.75 Å². The fourth-order valence-electron chi connectivity index (χ4n) is 2.46. The summed E-state index contributed by atoms with van der Waals surface area (Å²) in [6, 6.07) is 11.9. The van der Waals surface area contributed by atoms with Crippen molar-refractivity contribution in [3.8, 4) is 17.6 Å². The van der Waals surface area contributed by atoms with Gasteiger partial charge < -0.3 is 9.84 Å². The number of aliphatic hydroxyl groups is 1. The molecule has 0 bridgehead atoms. The molecule has 0 heterocycles. The maximum Gasteiger partial charge on any atom is 0.150 e. The maximum atomic E-state index is 10.7. The van der Waals surface area contributed by atoms with E-state index in [1.54, 1.807) is 14.0 Å². The topological polar surface area (TPSA) is 29.5 Å². The Morgan fingerprint density at radius 3 is 2.50 bits per heavy atom. The monoisotopic (exact) mass is 268 g/mol. The van der Waals surface area contributed by atoms with Crippen LogP contribution in [0.25, 0.3) is 10.8 Å². The first-order valence-corrected chi connectivity index (χ1v) is 6.87. The van der Waals surface area contributed by atoms with Gasteiger partial charge in [-0.05, 0) is 47.9 Å². The van der Waals surface area contributed by atoms with E-state index in [0.717, 1.165) is 28.5 Å². The fraction of sp³-hybridized carbons (Fsp3) is 0.333. The first kappa shape index (κ1) is 14.4. The molecule has 0 saturated carbocycles. The highest BCUT2D eigenvalue weighted by Crippen LogP contribution is 2.30. The van der Waals surface area contributed by atoms with Crippen LogP contribution in [0.1, 0.15) is 32.3 Å². The van der Waals surface area contributed by atoms with E-state index < -0.39 is 5.60 Å². The van der Waals surface area contributed by atoms with Crippen molar-refractivity contribution in [2.45, 2.75) is 32.3 Å². The van der Waals surface area contributed by atoms with E-state index in [9.17, 15) is 5.11 Å². The standard InChI is InChI=1S/C18H20O2/c1-4-10-18(19,11-5-2)16-8-6-15-13-17(20-3)9-7-14(15)12-16/h6-9,12-13,19H,4,10H2,1-3H3. The SMILES string of the molecule is CC#CC(O)(CCC)c1ccc2cc(OC)ccc2c1. The number of fused-ring (bicyclic) bond motifs is 1. The molecule has 2 nitrogen and oxygen atoms in total. The lowest BCUT2D eigenvalue weighted by Gasteiger charge is -2.22. The normalized spacial score (nSPS) is 13.4. The van der Waals surface area contributed by atoms with Gasteiger partial charge in [0.25, 0.3) is 0 Å². The molecule has 0 radical (unpaired) electrons. The highest BCUT2D eigenvalue weighted by atomic mass is 16.5. The van der Waals surface area contributed by atoms with Crippen LogP contribution in [0.3, 0.4) is 0 Å². The Balaban J connectivity index is 2.51. The zero-order valence-electron chi connectivity index (χ0n) is 12.2. The van der Waals surface area contributed by atoms with Crippen LogP contribution >= 0.6 is 0 Å². The van der Waals surface area contributed by atoms with Crippen molar-refractivity contribution in [2.75, 3.05) is 7.11 Å². The molecule has 2 rings (SSSR count). The summed E-state index contributed by atoms with van der Waals surface area (Å²) in [4.78, 5) is 0. The first-order chi connectivity index (χ1) is 9.62. The summed E-state index contributed by atoms with van der Waals surface area (Å²) in [7, 11) is 1.66. The van der Waals surface area contributed by atoms with Crippen molar-refractivity contribution in [1.82, 2.24) is 0 Å². The van der Waals surface area contributed by atoms with E-state index in [1.165, 1.54) is 0 Å². The van der Waals surface area contributed by atoms with E-state index in [-0.39, 0.29) is 0 Å². The molecule has 0 aliphatic carbocycles. The Bertz CT molecular complexity index is 664. The minimum Gasteiger partial charge on any atom is -0.497 e. The molecular formula is C18H20O2. The van der Waals surface area contributed by atoms with E-state index >= 15 is 0 Å². The average molecular weight is 268 g/mol. The van der Waals surface area contributed by atoms with Gasteiger partial charge in [0.05, 0.1) is 7.11 Å². The predicted molar refractivity (Wildman–Crippen MR) is 82.8 cm³/mol. The molecule has 0 aliphatic rings. The summed E-state index contributed by atoms with van der Waals surface area (Å²) in [6.07, 6.45) is 1.52. The molecule has 0 aliphatic heterocycles. The van der Waals surface area contributed by atoms with Crippen LogP contribution in [-0.2, 0) is 5.60 Å². The molecule has 0 amide bonds. The summed E-state index contributed by atoms with van der Waals surface area (Å²) in [5, 5.41) is 12.9. The smallest absolute Gasteiger partial charge is 0.150 e. The van der Waals surface area contributed by atoms with Crippen LogP contribution < -0.4 is 4.74 Å². The van der Waals surface area contributed by atoms with Gasteiger partial charge in [0.1, 0.15) is 5.75 Å². The Labute approximate surface area is 120 Å². The third-order valence-electron chi connectivity index (χ3n) is 3.47. The van der Waals surface area contributed by atoms with Gasteiger partial charge in [0, 0.05) is 0 Å². The molecule has 104 valence electrons. The molecule has 1 unspecified atom stereocenters. The second-order valence-electron chi connectivity index (χ2n) is 4.91. The van der Waals surface area contributed by atoms with Crippen LogP contribution in [0.15, 0.2) is 36.4 Å². The molecule has 2 heteroatoms. The van der Waals surface area contributed by atoms with Gasteiger partial charge in [-0.25, -0.2) is 0 Å². The summed E-state index contributed by atoms with van der Waals surface area (Å²) >= 11 is 0. The molecule has 0 aromatic heterocycles. The van der Waals surface area contributed by atoms with E-state index in [2.05, 4.69) is 11.8 Å². The fourth-order valence-corrected chi connectivity index (χ4v) is 2.46. The number of ether oxygens (including phenoxy) is 1. The van der Waals surface area contributed by atoms with Gasteiger partial charge in [0.2, 0.25) is 0 Å². The Hall–Kier alpha value is -1.98. The minimum atomic E-state index is -1.06. The molecule has 0 spiro atoms. The van der Waals surface area contributed by atoms with Crippen molar-refractivity contribution >= 4 is 10.8 Å². The van der Waals surface area contributed by atoms with Gasteiger partial charge >= 0.3 is 0 Å². The molecule has 2 aromatic rings. The Kier molecular flexibility index (Phi) is 4.32. The molecule has 1 N–H and O–H groups in total. The van der Waals surface area contributed by atoms with Crippen molar-refractivity contribution in [3.05, 3.63) is 42.0 Å². The quantitative estimate of drug-likeness (QED) is 0.853. The summed E-state index contributed by atoms with van der Waals surface area (Å²) < 4.78 is 5.23. The number of benzene rings is 2. The third-order valence-corrected chi connectivity index (χ3v) is 3.47. The maximum absolute atomic E-state index is 10.7. The third kappa shape index (κ3) is 2.79. The van der Waals surface area contributed by atoms with E-state index in [0.29, 0.717) is 6.42 Å². The zero-order valence-corrected chi connectivity index (χ0v) is 12.2. The molecular weight excluding hydrogens is 248 g/mol. The van der Waals surface area contributed by atoms with Gasteiger partial charge in [-0.3, -0.25) is 0 Å². The van der Waals surface area contributed by atoms with Crippen molar-refractivity contribution in [1.29, 1.82) is 0 Å². The van der Waals surface area contributed by atoms with E-state index in [4.69, 9.17) is 4.74 Å². The van der Waals surface area contributed by atoms with Crippen molar-refractivity contribution in [2.24, 2.45) is 0 Å². The van der Waals surface area contributed by atoms with E-state index in [1.807, 2.05) is 43.3 Å². The first-order valence-electron chi connectivity index (χ1n) is 6.87. The molecule has 0 fully saturated rings. The summed E-state index contributed by atoms with van der Waals surface area (Å²) in [5.74, 6) is 6.62. The van der Waals surface area contributed by atoms with Crippen LogP contribution in [-0.4, -0.2) is 12.2 Å². The summed E-state index contributed by atoms with van der Waals surface area (Å²) in [5.41, 5.74) is -0.205. The molecule has 0 saturated heterocycles. The van der Waals surface area contributed by atoms with Gasteiger partial charge in [-0.2, -0.15) is 0 Å². The van der Waals surface area contributed by atoms with Crippen LogP contribution in [0, 0.1) is 11.8 Å². The number of hydrogen-bond donors (Lipinski definition) is 1. The zero-order chi connectivity index (χ0) is 14.6. The molecule has 1 atom stereocenters. The Morgan fingerprint density at radius 2 is 1.85 bits per heavy atom. The molecule has 20 heavy (non-hydrogen) atoms. The van der Waals surface area contributed by atoms with Crippen LogP contribution in [0.2, 0.25) is 0 Å².